The van der Waals surface area contributed by atoms with E-state index < -0.39 is 0 Å². The third-order valence-corrected chi connectivity index (χ3v) is 3.36. The molecule has 2 aromatic carbocycles. The predicted molar refractivity (Wildman–Crippen MR) is 92.6 cm³/mol. The van der Waals surface area contributed by atoms with Crippen LogP contribution in [0, 0.1) is 13.8 Å². The highest BCUT2D eigenvalue weighted by Gasteiger charge is 2.09. The van der Waals surface area contributed by atoms with Gasteiger partial charge in [0, 0.05) is 11.8 Å². The number of ether oxygens (including phenoxy) is 2. The normalized spacial score (nSPS) is 10.1. The number of aryl methyl sites for hydroxylation is 2. The molecule has 122 valence electrons. The second-order valence-corrected chi connectivity index (χ2v) is 5.34. The van der Waals surface area contributed by atoms with Gasteiger partial charge in [-0.3, -0.25) is 4.79 Å². The quantitative estimate of drug-likeness (QED) is 0.858. The number of benzene rings is 2. The number of hydrogen-bond donors (Lipinski definition) is 2. The highest BCUT2D eigenvalue weighted by atomic mass is 16.5. The van der Waals surface area contributed by atoms with E-state index >= 15 is 0 Å². The SMILES string of the molecule is COc1ccc(OC)c(NC(=O)CNc2cc(C)cc(C)c2)c1. The minimum Gasteiger partial charge on any atom is -0.497 e. The molecular formula is C18H22N2O3. The van der Waals surface area contributed by atoms with Gasteiger partial charge in [0.05, 0.1) is 26.5 Å². The Bertz CT molecular complexity index is 678. The van der Waals surface area contributed by atoms with Crippen LogP contribution in [0.4, 0.5) is 11.4 Å². The molecule has 0 aliphatic rings. The summed E-state index contributed by atoms with van der Waals surface area (Å²) in [6, 6.07) is 11.4. The standard InChI is InChI=1S/C18H22N2O3/c1-12-7-13(2)9-14(8-12)19-11-18(21)20-16-10-15(22-3)5-6-17(16)23-4/h5-10,19H,11H2,1-4H3,(H,20,21). The monoisotopic (exact) mass is 314 g/mol. The maximum Gasteiger partial charge on any atom is 0.243 e. The lowest BCUT2D eigenvalue weighted by Gasteiger charge is -2.13. The van der Waals surface area contributed by atoms with Crippen LogP contribution >= 0.6 is 0 Å². The average Bonchev–Trinajstić information content (AvgIpc) is 2.52. The van der Waals surface area contributed by atoms with Gasteiger partial charge in [-0.25, -0.2) is 0 Å². The van der Waals surface area contributed by atoms with Gasteiger partial charge in [0.1, 0.15) is 11.5 Å². The highest BCUT2D eigenvalue weighted by molar-refractivity contribution is 5.95. The molecule has 5 nitrogen and oxygen atoms in total. The smallest absolute Gasteiger partial charge is 0.243 e. The largest absolute Gasteiger partial charge is 0.497 e. The molecule has 0 atom stereocenters. The maximum atomic E-state index is 12.2. The van der Waals surface area contributed by atoms with Crippen LogP contribution in [-0.2, 0) is 4.79 Å². The maximum absolute atomic E-state index is 12.2. The first kappa shape index (κ1) is 16.7. The van der Waals surface area contributed by atoms with Crippen molar-refractivity contribution in [2.24, 2.45) is 0 Å². The van der Waals surface area contributed by atoms with Gasteiger partial charge in [0.2, 0.25) is 5.91 Å². The van der Waals surface area contributed by atoms with Crippen LogP contribution in [-0.4, -0.2) is 26.7 Å². The Balaban J connectivity index is 2.02. The van der Waals surface area contributed by atoms with Crippen LogP contribution in [0.5, 0.6) is 11.5 Å². The molecule has 2 rings (SSSR count). The van der Waals surface area contributed by atoms with Crippen molar-refractivity contribution >= 4 is 17.3 Å². The third kappa shape index (κ3) is 4.64. The molecule has 0 fully saturated rings. The molecule has 0 unspecified atom stereocenters. The molecule has 0 spiro atoms. The molecule has 2 aromatic rings. The Morgan fingerprint density at radius 3 is 2.30 bits per heavy atom. The zero-order valence-electron chi connectivity index (χ0n) is 13.9. The van der Waals surface area contributed by atoms with Gasteiger partial charge in [-0.15, -0.1) is 0 Å². The van der Waals surface area contributed by atoms with Gasteiger partial charge >= 0.3 is 0 Å². The summed E-state index contributed by atoms with van der Waals surface area (Å²) in [4.78, 5) is 12.2. The number of carbonyl (C=O) groups excluding carboxylic acids is 1. The Morgan fingerprint density at radius 2 is 1.70 bits per heavy atom. The first-order chi connectivity index (χ1) is 11.0. The fraction of sp³-hybridized carbons (Fsp3) is 0.278. The number of carbonyl (C=O) groups is 1. The number of anilines is 2. The molecule has 23 heavy (non-hydrogen) atoms. The van der Waals surface area contributed by atoms with Gasteiger partial charge in [-0.1, -0.05) is 6.07 Å². The molecule has 0 aliphatic heterocycles. The molecule has 0 heterocycles. The molecular weight excluding hydrogens is 292 g/mol. The van der Waals surface area contributed by atoms with E-state index in [2.05, 4.69) is 16.7 Å². The fourth-order valence-electron chi connectivity index (χ4n) is 2.37. The number of hydrogen-bond acceptors (Lipinski definition) is 4. The van der Waals surface area contributed by atoms with Crippen LogP contribution in [0.15, 0.2) is 36.4 Å². The summed E-state index contributed by atoms with van der Waals surface area (Å²) in [5, 5.41) is 5.96. The highest BCUT2D eigenvalue weighted by Crippen LogP contribution is 2.28. The molecule has 0 saturated carbocycles. The van der Waals surface area contributed by atoms with Crippen molar-refractivity contribution in [2.75, 3.05) is 31.4 Å². The molecule has 0 aromatic heterocycles. The Kier molecular flexibility index (Phi) is 5.46. The van der Waals surface area contributed by atoms with E-state index in [4.69, 9.17) is 9.47 Å². The van der Waals surface area contributed by atoms with Gasteiger partial charge < -0.3 is 20.1 Å². The van der Waals surface area contributed by atoms with E-state index in [0.717, 1.165) is 16.8 Å². The number of amides is 1. The van der Waals surface area contributed by atoms with E-state index in [-0.39, 0.29) is 12.5 Å². The Hall–Kier alpha value is -2.69. The van der Waals surface area contributed by atoms with Gasteiger partial charge in [-0.2, -0.15) is 0 Å². The van der Waals surface area contributed by atoms with Crippen LogP contribution in [0.25, 0.3) is 0 Å². The van der Waals surface area contributed by atoms with Crippen LogP contribution < -0.4 is 20.1 Å². The molecule has 0 aliphatic carbocycles. The minimum atomic E-state index is -0.157. The average molecular weight is 314 g/mol. The topological polar surface area (TPSA) is 59.6 Å². The molecule has 2 N–H and O–H groups in total. The van der Waals surface area contributed by atoms with Crippen molar-refractivity contribution in [3.63, 3.8) is 0 Å². The summed E-state index contributed by atoms with van der Waals surface area (Å²) in [5.41, 5.74) is 3.82. The van der Waals surface area contributed by atoms with Crippen LogP contribution in [0.1, 0.15) is 11.1 Å². The molecule has 0 saturated heterocycles. The fourth-order valence-corrected chi connectivity index (χ4v) is 2.37. The van der Waals surface area contributed by atoms with Crippen molar-refractivity contribution in [1.29, 1.82) is 0 Å². The first-order valence-corrected chi connectivity index (χ1v) is 7.36. The van der Waals surface area contributed by atoms with E-state index in [9.17, 15) is 4.79 Å². The number of methoxy groups -OCH3 is 2. The summed E-state index contributed by atoms with van der Waals surface area (Å²) in [6.45, 7) is 4.22. The van der Waals surface area contributed by atoms with Crippen molar-refractivity contribution < 1.29 is 14.3 Å². The van der Waals surface area contributed by atoms with E-state index in [1.54, 1.807) is 32.4 Å². The molecule has 1 amide bonds. The lowest BCUT2D eigenvalue weighted by Crippen LogP contribution is -2.22. The minimum absolute atomic E-state index is 0.157. The van der Waals surface area contributed by atoms with E-state index in [1.165, 1.54) is 0 Å². The van der Waals surface area contributed by atoms with E-state index in [1.807, 2.05) is 26.0 Å². The van der Waals surface area contributed by atoms with Crippen LogP contribution in [0.3, 0.4) is 0 Å². The third-order valence-electron chi connectivity index (χ3n) is 3.36. The van der Waals surface area contributed by atoms with Gasteiger partial charge in [0.25, 0.3) is 0 Å². The number of rotatable bonds is 6. The zero-order valence-corrected chi connectivity index (χ0v) is 13.9. The lowest BCUT2D eigenvalue weighted by molar-refractivity contribution is -0.114. The van der Waals surface area contributed by atoms with E-state index in [0.29, 0.717) is 17.2 Å². The summed E-state index contributed by atoms with van der Waals surface area (Å²) in [7, 11) is 3.14. The van der Waals surface area contributed by atoms with Gasteiger partial charge in [0.15, 0.2) is 0 Å². The van der Waals surface area contributed by atoms with Gasteiger partial charge in [-0.05, 0) is 49.2 Å². The van der Waals surface area contributed by atoms with Crippen LogP contribution in [0.2, 0.25) is 0 Å². The summed E-state index contributed by atoms with van der Waals surface area (Å²) in [5.74, 6) is 1.09. The second-order valence-electron chi connectivity index (χ2n) is 5.34. The Morgan fingerprint density at radius 1 is 1.00 bits per heavy atom. The van der Waals surface area contributed by atoms with Crippen molar-refractivity contribution in [3.05, 3.63) is 47.5 Å². The van der Waals surface area contributed by atoms with Crippen molar-refractivity contribution in [3.8, 4) is 11.5 Å². The lowest BCUT2D eigenvalue weighted by atomic mass is 10.1. The second kappa shape index (κ2) is 7.54. The zero-order chi connectivity index (χ0) is 16.8. The van der Waals surface area contributed by atoms with Crippen molar-refractivity contribution in [1.82, 2.24) is 0 Å². The predicted octanol–water partition coefficient (Wildman–Crippen LogP) is 3.37. The summed E-state index contributed by atoms with van der Waals surface area (Å²) in [6.07, 6.45) is 0. The summed E-state index contributed by atoms with van der Waals surface area (Å²) < 4.78 is 10.4. The Labute approximate surface area is 136 Å². The molecule has 5 heteroatoms. The molecule has 0 bridgehead atoms. The molecule has 0 radical (unpaired) electrons. The van der Waals surface area contributed by atoms with Crippen molar-refractivity contribution in [2.45, 2.75) is 13.8 Å². The number of nitrogens with one attached hydrogen (secondary N) is 2. The first-order valence-electron chi connectivity index (χ1n) is 7.36. The summed E-state index contributed by atoms with van der Waals surface area (Å²) >= 11 is 0.